The highest BCUT2D eigenvalue weighted by molar-refractivity contribution is 6.80. The number of nitrogens with zero attached hydrogens (tertiary/aromatic N) is 1. The van der Waals surface area contributed by atoms with Gasteiger partial charge in [0, 0.05) is 38.6 Å². The molecule has 0 aromatic heterocycles. The van der Waals surface area contributed by atoms with Crippen molar-refractivity contribution in [3.05, 3.63) is 142 Å². The zero-order chi connectivity index (χ0) is 45.6. The minimum absolute atomic E-state index is 0.0871. The maximum absolute atomic E-state index is 14.6. The van der Waals surface area contributed by atoms with Crippen LogP contribution in [0.15, 0.2) is 120 Å². The molecule has 12 heteroatoms. The molecule has 6 aromatic rings. The maximum Gasteiger partial charge on any atom is 0.427 e. The molecule has 0 atom stereocenters. The van der Waals surface area contributed by atoms with E-state index in [0.717, 1.165) is 88.1 Å². The summed E-state index contributed by atoms with van der Waals surface area (Å²) in [6, 6.07) is 34.3. The van der Waals surface area contributed by atoms with Crippen molar-refractivity contribution in [3.63, 3.8) is 0 Å². The fourth-order valence-electron chi connectivity index (χ4n) is 9.42. The molecule has 9 rings (SSSR count). The van der Waals surface area contributed by atoms with Crippen molar-refractivity contribution in [1.82, 2.24) is 0 Å². The van der Waals surface area contributed by atoms with Crippen LogP contribution in [0.3, 0.4) is 0 Å². The number of unbranched alkanes of at least 4 members (excludes halogenated alkanes) is 10. The molecule has 0 radical (unpaired) electrons. The van der Waals surface area contributed by atoms with Gasteiger partial charge in [0.1, 0.15) is 5.76 Å². The van der Waals surface area contributed by atoms with Crippen LogP contribution in [0.5, 0.6) is 0 Å². The van der Waals surface area contributed by atoms with Crippen LogP contribution >= 0.6 is 0 Å². The minimum Gasteiger partial charge on any atom is -0.506 e. The molecule has 0 saturated heterocycles. The lowest BCUT2D eigenvalue weighted by Gasteiger charge is -2.31. The lowest BCUT2D eigenvalue weighted by molar-refractivity contribution is -0.109. The Morgan fingerprint density at radius 2 is 1.12 bits per heavy atom. The summed E-state index contributed by atoms with van der Waals surface area (Å²) in [4.78, 5) is 45.5. The second-order valence-electron chi connectivity index (χ2n) is 17.6. The van der Waals surface area contributed by atoms with Gasteiger partial charge in [-0.1, -0.05) is 151 Å². The van der Waals surface area contributed by atoms with E-state index in [1.165, 1.54) is 38.5 Å². The number of Topliss-reactive ketones (excluding diaryl/α,β-unsaturated/α-hetero) is 1. The number of carbonyl (C=O) groups excluding carboxylic acids is 3. The first-order chi connectivity index (χ1) is 32.3. The summed E-state index contributed by atoms with van der Waals surface area (Å²) in [5, 5.41) is 27.7. The van der Waals surface area contributed by atoms with Gasteiger partial charge in [0.2, 0.25) is 5.78 Å². The number of allylic oxidation sites excluding steroid dienone is 2. The number of aliphatic hydroxyl groups excluding tert-OH is 1. The van der Waals surface area contributed by atoms with E-state index in [4.69, 9.17) is 14.4 Å². The number of ketones is 1. The molecule has 66 heavy (non-hydrogen) atoms. The number of esters is 2. The first-order valence-corrected chi connectivity index (χ1v) is 23.9. The second kappa shape index (κ2) is 20.1. The normalized spacial score (nSPS) is 14.6. The van der Waals surface area contributed by atoms with Gasteiger partial charge in [-0.25, -0.2) is 9.59 Å². The molecule has 334 valence electrons. The molecule has 3 aliphatic rings. The third-order valence-electron chi connectivity index (χ3n) is 13.1. The summed E-state index contributed by atoms with van der Waals surface area (Å²) in [5.41, 5.74) is 6.21. The van der Waals surface area contributed by atoms with Crippen LogP contribution in [0.2, 0.25) is 0 Å². The van der Waals surface area contributed by atoms with E-state index in [2.05, 4.69) is 29.5 Å². The monoisotopic (exact) mass is 878 g/mol. The topological polar surface area (TPSA) is 138 Å². The Balaban J connectivity index is 0.979. The molecule has 4 N–H and O–H groups in total. The third kappa shape index (κ3) is 9.06. The van der Waals surface area contributed by atoms with Crippen molar-refractivity contribution in [2.75, 3.05) is 28.9 Å². The number of hydrogen-bond donors (Lipinski definition) is 4. The molecule has 0 saturated carbocycles. The fourth-order valence-corrected chi connectivity index (χ4v) is 9.42. The lowest BCUT2D eigenvalue weighted by atomic mass is 9.65. The van der Waals surface area contributed by atoms with E-state index in [0.29, 0.717) is 40.5 Å². The van der Waals surface area contributed by atoms with Crippen LogP contribution in [-0.2, 0) is 14.3 Å². The minimum atomic E-state index is -0.513. The van der Waals surface area contributed by atoms with E-state index >= 15 is 0 Å². The predicted molar refractivity (Wildman–Crippen MR) is 268 cm³/mol. The van der Waals surface area contributed by atoms with Gasteiger partial charge in [-0.3, -0.25) is 4.79 Å². The van der Waals surface area contributed by atoms with E-state index in [1.54, 1.807) is 24.3 Å². The number of carbonyl (C=O) groups is 3. The first-order valence-electron chi connectivity index (χ1n) is 23.9. The van der Waals surface area contributed by atoms with Crippen molar-refractivity contribution in [3.8, 4) is 0 Å². The molecule has 6 aromatic carbocycles. The fraction of sp³-hybridized carbons (Fsp3) is 0.296. The van der Waals surface area contributed by atoms with Gasteiger partial charge in [-0.2, -0.15) is 0 Å². The van der Waals surface area contributed by atoms with E-state index < -0.39 is 14.0 Å². The smallest absolute Gasteiger partial charge is 0.427 e. The maximum atomic E-state index is 14.6. The van der Waals surface area contributed by atoms with Crippen LogP contribution < -0.4 is 37.2 Å². The molecule has 0 spiro atoms. The van der Waals surface area contributed by atoms with Crippen LogP contribution in [-0.4, -0.2) is 50.0 Å². The van der Waals surface area contributed by atoms with Gasteiger partial charge in [-0.15, -0.1) is 0 Å². The van der Waals surface area contributed by atoms with E-state index in [-0.39, 0.29) is 34.6 Å². The van der Waals surface area contributed by atoms with Gasteiger partial charge in [0.15, 0.2) is 0 Å². The molecule has 2 heterocycles. The Bertz CT molecular complexity index is 2970. The van der Waals surface area contributed by atoms with Crippen molar-refractivity contribution in [1.29, 1.82) is 0 Å². The predicted octanol–water partition coefficient (Wildman–Crippen LogP) is 9.40. The SMILES string of the molecule is CCCCCCCCOC(=O)c1ccc(B2N=c3/c(=C4\C(=O)C(c5ccc6cccc7c6c5NB(c5ccc(C(=O)OCCCCCCCC)cc5)N7)=C4O)ccc4cccc(c34)N2)cc1. The molecule has 2 aliphatic heterocycles. The Hall–Kier alpha value is -6.81. The average Bonchev–Trinajstić information content (AvgIpc) is 3.35. The summed E-state index contributed by atoms with van der Waals surface area (Å²) in [7, 11) is 0. The number of nitrogens with one attached hydrogen (secondary N) is 3. The standard InChI is InChI=1S/C54H56B2N4O6/c1-3-5-7-9-11-13-33-65-53(63)37-21-27-39(28-22-37)55-57-43-19-15-17-35-25-31-41(49(59-55)45(35)43)47-51(61)48(52(47)62)42-32-26-36-18-16-20-44-46(36)50(42)60-56(58-44)40-29-23-38(24-30-40)54(64)66-34-14-12-10-8-6-4-2/h15-32,57-59,61H,3-14,33-34H2,1-2H3/b48-42-. The van der Waals surface area contributed by atoms with Gasteiger partial charge in [-0.05, 0) is 70.9 Å². The second-order valence-corrected chi connectivity index (χ2v) is 17.6. The number of rotatable bonds is 19. The Morgan fingerprint density at radius 1 is 0.576 bits per heavy atom. The summed E-state index contributed by atoms with van der Waals surface area (Å²) in [5.74, 6) is -1.04. The van der Waals surface area contributed by atoms with E-state index in [1.807, 2.05) is 84.9 Å². The summed E-state index contributed by atoms with van der Waals surface area (Å²) >= 11 is 0. The van der Waals surface area contributed by atoms with Crippen molar-refractivity contribution in [2.45, 2.75) is 90.9 Å². The Morgan fingerprint density at radius 3 is 1.73 bits per heavy atom. The molecule has 0 amide bonds. The van der Waals surface area contributed by atoms with E-state index in [9.17, 15) is 19.5 Å². The van der Waals surface area contributed by atoms with Crippen LogP contribution in [0.1, 0.15) is 117 Å². The molecule has 0 bridgehead atoms. The number of aliphatic hydroxyl groups is 1. The Kier molecular flexibility index (Phi) is 13.6. The van der Waals surface area contributed by atoms with Gasteiger partial charge >= 0.3 is 25.9 Å². The molecular weight excluding hydrogens is 822 g/mol. The number of hydrogen-bond acceptors (Lipinski definition) is 10. The Labute approximate surface area is 386 Å². The molecule has 0 unspecified atom stereocenters. The zero-order valence-corrected chi connectivity index (χ0v) is 37.9. The highest BCUT2D eigenvalue weighted by Crippen LogP contribution is 2.45. The van der Waals surface area contributed by atoms with Crippen molar-refractivity contribution in [2.24, 2.45) is 4.90 Å². The molecule has 1 aliphatic carbocycles. The quantitative estimate of drug-likeness (QED) is 0.0356. The van der Waals surface area contributed by atoms with Crippen molar-refractivity contribution < 1.29 is 29.0 Å². The average molecular weight is 879 g/mol. The van der Waals surface area contributed by atoms with Crippen molar-refractivity contribution >= 4 is 92.4 Å². The summed E-state index contributed by atoms with van der Waals surface area (Å²) in [6.07, 6.45) is 13.4. The van der Waals surface area contributed by atoms with Gasteiger partial charge < -0.3 is 35.2 Å². The number of anilines is 3. The number of benzene rings is 6. The number of ether oxygens (including phenoxy) is 2. The third-order valence-corrected chi connectivity index (χ3v) is 13.1. The summed E-state index contributed by atoms with van der Waals surface area (Å²) in [6.45, 7) is 4.30. The zero-order valence-electron chi connectivity index (χ0n) is 37.9. The van der Waals surface area contributed by atoms with Gasteiger partial charge in [0.05, 0.1) is 40.8 Å². The van der Waals surface area contributed by atoms with Gasteiger partial charge in [0.25, 0.3) is 0 Å². The molecule has 10 nitrogen and oxygen atoms in total. The highest BCUT2D eigenvalue weighted by Gasteiger charge is 2.39. The largest absolute Gasteiger partial charge is 0.506 e. The lowest BCUT2D eigenvalue weighted by Crippen LogP contribution is -2.48. The van der Waals surface area contributed by atoms with Crippen LogP contribution in [0, 0.1) is 0 Å². The highest BCUT2D eigenvalue weighted by atomic mass is 16.5. The molecule has 0 fully saturated rings. The first kappa shape index (κ1) is 44.4. The van der Waals surface area contributed by atoms with Crippen LogP contribution in [0.25, 0.3) is 32.7 Å². The summed E-state index contributed by atoms with van der Waals surface area (Å²) < 4.78 is 11.1. The molecular formula is C54H56B2N4O6. The van der Waals surface area contributed by atoms with Crippen LogP contribution in [0.4, 0.5) is 17.1 Å².